The molecule has 1 aromatic rings. The highest BCUT2D eigenvalue weighted by Crippen LogP contribution is 2.65. The maximum Gasteiger partial charge on any atom is 0.331 e. The van der Waals surface area contributed by atoms with Crippen molar-refractivity contribution < 1.29 is 24.5 Å². The van der Waals surface area contributed by atoms with Gasteiger partial charge in [-0.1, -0.05) is 82.7 Å². The summed E-state index contributed by atoms with van der Waals surface area (Å²) in [5.74, 6) is -1.10. The van der Waals surface area contributed by atoms with E-state index in [9.17, 15) is 19.8 Å². The summed E-state index contributed by atoms with van der Waals surface area (Å²) in [4.78, 5) is 27.5. The minimum atomic E-state index is -1.70. The molecule has 1 aliphatic carbocycles. The first-order valence-electron chi connectivity index (χ1n) is 13.5. The Bertz CT molecular complexity index is 1100. The number of allylic oxidation sites excluding steroid dienone is 1. The van der Waals surface area contributed by atoms with Gasteiger partial charge in [0.2, 0.25) is 5.60 Å². The molecule has 1 spiro atoms. The van der Waals surface area contributed by atoms with Gasteiger partial charge in [-0.3, -0.25) is 4.79 Å². The fraction of sp³-hybridized carbons (Fsp3) is 0.548. The molecule has 2 heterocycles. The van der Waals surface area contributed by atoms with Crippen molar-refractivity contribution in [1.29, 1.82) is 0 Å². The summed E-state index contributed by atoms with van der Waals surface area (Å²) in [7, 11) is 0. The van der Waals surface area contributed by atoms with E-state index < -0.39 is 40.5 Å². The third-order valence-electron chi connectivity index (χ3n) is 9.43. The van der Waals surface area contributed by atoms with Gasteiger partial charge in [0, 0.05) is 17.5 Å². The standard InChI is InChI=1S/C31H41NO5/c1-20-11-9-15-24(33)16-17-26(34)37-31-28(36)32-25(19-23-13-7-6-8-14-23)30(31,5)22(3)21(2)27(35)29(31,4)18-10-12-20/h6-8,10,13-14,16-18,20,22,24-25,27,33,35H,2,9,11-12,15,19H2,1,3-5H3,(H,32,36)/b17-16+,18-10+/t20-,22-,24+,25+,27-,29+,30+,31-/m1/s1. The van der Waals surface area contributed by atoms with Crippen molar-refractivity contribution >= 4 is 11.9 Å². The third kappa shape index (κ3) is 4.38. The molecule has 1 saturated carbocycles. The molecule has 0 radical (unpaired) electrons. The van der Waals surface area contributed by atoms with Crippen molar-refractivity contribution in [3.8, 4) is 0 Å². The highest BCUT2D eigenvalue weighted by atomic mass is 16.6. The molecule has 37 heavy (non-hydrogen) atoms. The predicted octanol–water partition coefficient (Wildman–Crippen LogP) is 4.27. The summed E-state index contributed by atoms with van der Waals surface area (Å²) in [5, 5.41) is 25.2. The topological polar surface area (TPSA) is 95.9 Å². The Morgan fingerprint density at radius 3 is 2.51 bits per heavy atom. The van der Waals surface area contributed by atoms with E-state index in [4.69, 9.17) is 4.74 Å². The van der Waals surface area contributed by atoms with Gasteiger partial charge in [-0.05, 0) is 55.2 Å². The summed E-state index contributed by atoms with van der Waals surface area (Å²) in [6, 6.07) is 9.54. The molecule has 8 atom stereocenters. The molecule has 3 aliphatic rings. The molecule has 0 bridgehead atoms. The van der Waals surface area contributed by atoms with Crippen molar-refractivity contribution in [2.75, 3.05) is 0 Å². The van der Waals surface area contributed by atoms with E-state index in [0.717, 1.165) is 24.8 Å². The summed E-state index contributed by atoms with van der Waals surface area (Å²) >= 11 is 0. The van der Waals surface area contributed by atoms with E-state index >= 15 is 0 Å². The highest BCUT2D eigenvalue weighted by Gasteiger charge is 2.78. The Labute approximate surface area is 220 Å². The number of benzene rings is 1. The van der Waals surface area contributed by atoms with Crippen LogP contribution in [-0.4, -0.2) is 45.9 Å². The lowest BCUT2D eigenvalue weighted by molar-refractivity contribution is -0.217. The van der Waals surface area contributed by atoms with Gasteiger partial charge in [-0.2, -0.15) is 0 Å². The Morgan fingerprint density at radius 1 is 1.11 bits per heavy atom. The highest BCUT2D eigenvalue weighted by molar-refractivity contribution is 5.96. The zero-order chi connectivity index (χ0) is 27.0. The van der Waals surface area contributed by atoms with Crippen molar-refractivity contribution in [3.05, 3.63) is 72.4 Å². The first-order chi connectivity index (χ1) is 17.5. The number of ether oxygens (including phenoxy) is 1. The first kappa shape index (κ1) is 27.3. The molecule has 6 nitrogen and oxygen atoms in total. The van der Waals surface area contributed by atoms with Crippen molar-refractivity contribution in [2.45, 2.75) is 83.6 Å². The van der Waals surface area contributed by atoms with E-state index in [1.54, 1.807) is 6.92 Å². The second-order valence-electron chi connectivity index (χ2n) is 11.7. The number of carbonyl (C=O) groups is 2. The van der Waals surface area contributed by atoms with E-state index in [1.807, 2.05) is 56.3 Å². The largest absolute Gasteiger partial charge is 0.444 e. The predicted molar refractivity (Wildman–Crippen MR) is 143 cm³/mol. The number of amides is 1. The Balaban J connectivity index is 1.90. The van der Waals surface area contributed by atoms with Crippen molar-refractivity contribution in [1.82, 2.24) is 5.32 Å². The number of hydrogen-bond acceptors (Lipinski definition) is 5. The fourth-order valence-electron chi connectivity index (χ4n) is 6.93. The maximum absolute atomic E-state index is 14.2. The number of nitrogens with one attached hydrogen (secondary N) is 1. The van der Waals surface area contributed by atoms with Gasteiger partial charge < -0.3 is 20.3 Å². The van der Waals surface area contributed by atoms with Gasteiger partial charge in [-0.25, -0.2) is 4.79 Å². The first-order valence-corrected chi connectivity index (χ1v) is 13.5. The molecule has 0 unspecified atom stereocenters. The third-order valence-corrected chi connectivity index (χ3v) is 9.43. The summed E-state index contributed by atoms with van der Waals surface area (Å²) in [5.41, 5.74) is -2.20. The van der Waals surface area contributed by atoms with Crippen molar-refractivity contribution in [2.24, 2.45) is 22.7 Å². The summed E-state index contributed by atoms with van der Waals surface area (Å²) < 4.78 is 6.26. The lowest BCUT2D eigenvalue weighted by atomic mass is 9.46. The molecule has 1 aromatic carbocycles. The molecular formula is C31H41NO5. The van der Waals surface area contributed by atoms with Crippen LogP contribution in [-0.2, 0) is 20.7 Å². The van der Waals surface area contributed by atoms with E-state index in [0.29, 0.717) is 24.3 Å². The van der Waals surface area contributed by atoms with E-state index in [2.05, 4.69) is 18.8 Å². The Kier molecular flexibility index (Phi) is 7.55. The number of aliphatic hydroxyl groups excluding tert-OH is 2. The summed E-state index contributed by atoms with van der Waals surface area (Å²) in [6.07, 6.45) is 8.26. The molecule has 200 valence electrons. The number of hydrogen-bond donors (Lipinski definition) is 3. The van der Waals surface area contributed by atoms with Crippen LogP contribution in [0.4, 0.5) is 0 Å². The zero-order valence-electron chi connectivity index (χ0n) is 22.4. The molecule has 3 N–H and O–H groups in total. The normalized spacial score (nSPS) is 42.5. The Morgan fingerprint density at radius 2 is 1.81 bits per heavy atom. The lowest BCUT2D eigenvalue weighted by Crippen LogP contribution is -2.71. The van der Waals surface area contributed by atoms with Crippen LogP contribution in [0.3, 0.4) is 0 Å². The Hall–Kier alpha value is -2.70. The number of carbonyl (C=O) groups excluding carboxylic acids is 2. The maximum atomic E-state index is 14.2. The smallest absolute Gasteiger partial charge is 0.331 e. The fourth-order valence-corrected chi connectivity index (χ4v) is 6.93. The van der Waals surface area contributed by atoms with Crippen molar-refractivity contribution in [3.63, 3.8) is 0 Å². The average molecular weight is 508 g/mol. The van der Waals surface area contributed by atoms with Crippen LogP contribution >= 0.6 is 0 Å². The monoisotopic (exact) mass is 507 g/mol. The van der Waals surface area contributed by atoms with Gasteiger partial charge in [0.1, 0.15) is 0 Å². The zero-order valence-corrected chi connectivity index (χ0v) is 22.4. The van der Waals surface area contributed by atoms with Crippen LogP contribution in [0.25, 0.3) is 0 Å². The van der Waals surface area contributed by atoms with Gasteiger partial charge in [0.15, 0.2) is 0 Å². The van der Waals surface area contributed by atoms with Gasteiger partial charge in [-0.15, -0.1) is 0 Å². The van der Waals surface area contributed by atoms with Gasteiger partial charge in [0.05, 0.1) is 17.6 Å². The lowest BCUT2D eigenvalue weighted by Gasteiger charge is -2.60. The van der Waals surface area contributed by atoms with Crippen LogP contribution in [0.1, 0.15) is 58.9 Å². The molecule has 2 fully saturated rings. The SMILES string of the molecule is C=C1[C@@H](C)[C@@]2(C)[C@H](Cc3ccccc3)NC(=O)[C@]23OC(=O)/C=C/[C@@H](O)CCC[C@@H](C)C/C=C/[C@@]3(C)[C@@H]1O. The molecule has 1 amide bonds. The molecular weight excluding hydrogens is 466 g/mol. The van der Waals surface area contributed by atoms with Crippen LogP contribution in [0.5, 0.6) is 0 Å². The average Bonchev–Trinajstić information content (AvgIpc) is 3.08. The summed E-state index contributed by atoms with van der Waals surface area (Å²) in [6.45, 7) is 12.2. The van der Waals surface area contributed by atoms with Crippen LogP contribution in [0.15, 0.2) is 66.8 Å². The molecule has 2 aliphatic heterocycles. The van der Waals surface area contributed by atoms with Gasteiger partial charge in [0.25, 0.3) is 5.91 Å². The van der Waals surface area contributed by atoms with Crippen LogP contribution in [0.2, 0.25) is 0 Å². The minimum absolute atomic E-state index is 0.336. The van der Waals surface area contributed by atoms with E-state index in [-0.39, 0.29) is 12.0 Å². The second-order valence-corrected chi connectivity index (χ2v) is 11.7. The quantitative estimate of drug-likeness (QED) is 0.410. The molecule has 0 aromatic heterocycles. The van der Waals surface area contributed by atoms with Gasteiger partial charge >= 0.3 is 5.97 Å². The number of rotatable bonds is 2. The molecule has 1 saturated heterocycles. The number of aliphatic hydroxyl groups is 2. The minimum Gasteiger partial charge on any atom is -0.444 e. The molecule has 4 rings (SSSR count). The molecule has 6 heteroatoms. The number of esters is 1. The van der Waals surface area contributed by atoms with E-state index in [1.165, 1.54) is 12.2 Å². The second kappa shape index (κ2) is 10.2. The van der Waals surface area contributed by atoms with Crippen LogP contribution < -0.4 is 5.32 Å². The van der Waals surface area contributed by atoms with Crippen LogP contribution in [0, 0.1) is 22.7 Å².